The molecule has 0 spiro atoms. The maximum absolute atomic E-state index is 6.18. The van der Waals surface area contributed by atoms with E-state index in [2.05, 4.69) is 33.9 Å². The van der Waals surface area contributed by atoms with E-state index < -0.39 is 0 Å². The van der Waals surface area contributed by atoms with E-state index in [1.54, 1.807) is 0 Å². The highest BCUT2D eigenvalue weighted by atomic mass is 16.5. The molecule has 0 amide bonds. The average Bonchev–Trinajstić information content (AvgIpc) is 3.12. The van der Waals surface area contributed by atoms with Crippen molar-refractivity contribution in [1.82, 2.24) is 14.9 Å². The monoisotopic (exact) mass is 337 g/mol. The third-order valence-electron chi connectivity index (χ3n) is 5.83. The van der Waals surface area contributed by atoms with Crippen molar-refractivity contribution in [2.75, 3.05) is 19.7 Å². The summed E-state index contributed by atoms with van der Waals surface area (Å²) in [4.78, 5) is 11.1. The SMILES string of the molecule is Cc1cncc(COC[C@]23CCC[C@H]2CN(Cc2cccnc2)C3)c1. The van der Waals surface area contributed by atoms with Gasteiger partial charge in [0.05, 0.1) is 13.2 Å². The fourth-order valence-electron chi connectivity index (χ4n) is 4.70. The Morgan fingerprint density at radius 3 is 3.00 bits per heavy atom. The number of hydrogen-bond acceptors (Lipinski definition) is 4. The number of aryl methyl sites for hydroxylation is 1. The molecule has 0 N–H and O–H groups in total. The van der Waals surface area contributed by atoms with Gasteiger partial charge in [-0.2, -0.15) is 0 Å². The summed E-state index contributed by atoms with van der Waals surface area (Å²) in [6, 6.07) is 6.37. The lowest BCUT2D eigenvalue weighted by molar-refractivity contribution is 0.0265. The Morgan fingerprint density at radius 1 is 1.24 bits per heavy atom. The van der Waals surface area contributed by atoms with E-state index in [-0.39, 0.29) is 0 Å². The number of hydrogen-bond donors (Lipinski definition) is 0. The van der Waals surface area contributed by atoms with Crippen LogP contribution in [0, 0.1) is 18.3 Å². The van der Waals surface area contributed by atoms with Crippen molar-refractivity contribution in [3.05, 3.63) is 59.7 Å². The molecule has 1 aliphatic carbocycles. The average molecular weight is 337 g/mol. The molecule has 0 unspecified atom stereocenters. The molecule has 1 saturated heterocycles. The van der Waals surface area contributed by atoms with E-state index >= 15 is 0 Å². The first kappa shape index (κ1) is 16.7. The number of pyridine rings is 2. The summed E-state index contributed by atoms with van der Waals surface area (Å²) in [5, 5.41) is 0. The van der Waals surface area contributed by atoms with Crippen LogP contribution in [0.4, 0.5) is 0 Å². The van der Waals surface area contributed by atoms with Crippen molar-refractivity contribution in [3.8, 4) is 0 Å². The van der Waals surface area contributed by atoms with Crippen LogP contribution in [0.15, 0.2) is 43.0 Å². The molecule has 2 aliphatic rings. The molecule has 2 fully saturated rings. The highest BCUT2D eigenvalue weighted by Gasteiger charge is 2.49. The third-order valence-corrected chi connectivity index (χ3v) is 5.83. The summed E-state index contributed by atoms with van der Waals surface area (Å²) < 4.78 is 6.18. The van der Waals surface area contributed by atoms with Crippen LogP contribution >= 0.6 is 0 Å². The van der Waals surface area contributed by atoms with Gasteiger partial charge in [0.15, 0.2) is 0 Å². The summed E-state index contributed by atoms with van der Waals surface area (Å²) in [7, 11) is 0. The number of rotatable bonds is 6. The Morgan fingerprint density at radius 2 is 2.16 bits per heavy atom. The molecule has 1 aliphatic heterocycles. The van der Waals surface area contributed by atoms with Gasteiger partial charge in [0.1, 0.15) is 0 Å². The Hall–Kier alpha value is -1.78. The molecule has 25 heavy (non-hydrogen) atoms. The van der Waals surface area contributed by atoms with Crippen LogP contribution in [-0.2, 0) is 17.9 Å². The molecule has 1 saturated carbocycles. The van der Waals surface area contributed by atoms with Crippen molar-refractivity contribution in [1.29, 1.82) is 0 Å². The quantitative estimate of drug-likeness (QED) is 0.807. The second kappa shape index (κ2) is 7.22. The maximum Gasteiger partial charge on any atom is 0.0732 e. The van der Waals surface area contributed by atoms with Gasteiger partial charge in [-0.25, -0.2) is 0 Å². The zero-order valence-electron chi connectivity index (χ0n) is 15.0. The lowest BCUT2D eigenvalue weighted by Gasteiger charge is -2.29. The molecule has 0 aromatic carbocycles. The van der Waals surface area contributed by atoms with Gasteiger partial charge < -0.3 is 4.74 Å². The third kappa shape index (κ3) is 3.75. The molecule has 4 nitrogen and oxygen atoms in total. The number of likely N-dealkylation sites (tertiary alicyclic amines) is 1. The van der Waals surface area contributed by atoms with Crippen molar-refractivity contribution in [3.63, 3.8) is 0 Å². The molecule has 0 radical (unpaired) electrons. The Bertz CT molecular complexity index is 705. The number of nitrogens with zero attached hydrogens (tertiary/aromatic N) is 3. The van der Waals surface area contributed by atoms with Gasteiger partial charge in [-0.05, 0) is 48.4 Å². The van der Waals surface area contributed by atoms with E-state index in [0.717, 1.165) is 25.6 Å². The topological polar surface area (TPSA) is 38.2 Å². The minimum atomic E-state index is 0.347. The number of ether oxygens (including phenoxy) is 1. The second-order valence-electron chi connectivity index (χ2n) is 7.85. The van der Waals surface area contributed by atoms with Crippen molar-refractivity contribution >= 4 is 0 Å². The summed E-state index contributed by atoms with van der Waals surface area (Å²) >= 11 is 0. The van der Waals surface area contributed by atoms with Crippen LogP contribution in [0.3, 0.4) is 0 Å². The Kier molecular flexibility index (Phi) is 4.82. The normalized spacial score (nSPS) is 26.0. The van der Waals surface area contributed by atoms with Crippen LogP contribution in [0.1, 0.15) is 36.0 Å². The summed E-state index contributed by atoms with van der Waals surface area (Å²) in [6.45, 7) is 6.98. The standard InChI is InChI=1S/C21H27N3O/c1-17-8-19(11-23-9-17)14-25-16-21-6-2-5-20(21)13-24(15-21)12-18-4-3-7-22-10-18/h3-4,7-11,20H,2,5-6,12-16H2,1H3/t20-,21+/m0/s1. The first-order chi connectivity index (χ1) is 12.2. The first-order valence-electron chi connectivity index (χ1n) is 9.33. The highest BCUT2D eigenvalue weighted by molar-refractivity contribution is 5.15. The van der Waals surface area contributed by atoms with E-state index in [1.807, 2.05) is 30.9 Å². The van der Waals surface area contributed by atoms with Crippen LogP contribution in [0.5, 0.6) is 0 Å². The minimum absolute atomic E-state index is 0.347. The largest absolute Gasteiger partial charge is 0.376 e. The lowest BCUT2D eigenvalue weighted by atomic mass is 9.81. The molecule has 2 aromatic rings. The molecule has 2 aromatic heterocycles. The first-order valence-corrected chi connectivity index (χ1v) is 9.33. The lowest BCUT2D eigenvalue weighted by Crippen LogP contribution is -2.32. The molecule has 132 valence electrons. The predicted octanol–water partition coefficient (Wildman–Crippen LogP) is 3.60. The fraction of sp³-hybridized carbons (Fsp3) is 0.524. The van der Waals surface area contributed by atoms with Crippen LogP contribution in [0.2, 0.25) is 0 Å². The second-order valence-corrected chi connectivity index (χ2v) is 7.85. The van der Waals surface area contributed by atoms with Crippen LogP contribution in [0.25, 0.3) is 0 Å². The maximum atomic E-state index is 6.18. The molecule has 0 bridgehead atoms. The van der Waals surface area contributed by atoms with E-state index in [4.69, 9.17) is 4.74 Å². The van der Waals surface area contributed by atoms with Gasteiger partial charge >= 0.3 is 0 Å². The van der Waals surface area contributed by atoms with Gasteiger partial charge in [-0.1, -0.05) is 18.6 Å². The van der Waals surface area contributed by atoms with E-state index in [9.17, 15) is 0 Å². The summed E-state index contributed by atoms with van der Waals surface area (Å²) in [5.41, 5.74) is 4.03. The fourth-order valence-corrected chi connectivity index (χ4v) is 4.70. The Labute approximate surface area is 150 Å². The van der Waals surface area contributed by atoms with Crippen molar-refractivity contribution in [2.24, 2.45) is 11.3 Å². The predicted molar refractivity (Wildman–Crippen MR) is 97.9 cm³/mol. The Balaban J connectivity index is 1.36. The zero-order chi connectivity index (χ0) is 17.1. The van der Waals surface area contributed by atoms with Gasteiger partial charge in [0, 0.05) is 49.8 Å². The van der Waals surface area contributed by atoms with Gasteiger partial charge in [-0.15, -0.1) is 0 Å². The summed E-state index contributed by atoms with van der Waals surface area (Å²) in [5.74, 6) is 0.778. The number of aromatic nitrogens is 2. The smallest absolute Gasteiger partial charge is 0.0732 e. The van der Waals surface area contributed by atoms with Gasteiger partial charge in [-0.3, -0.25) is 14.9 Å². The van der Waals surface area contributed by atoms with Crippen molar-refractivity contribution in [2.45, 2.75) is 39.3 Å². The molecular formula is C21H27N3O. The highest BCUT2D eigenvalue weighted by Crippen LogP contribution is 2.49. The van der Waals surface area contributed by atoms with Gasteiger partial charge in [0.2, 0.25) is 0 Å². The molecule has 3 heterocycles. The minimum Gasteiger partial charge on any atom is -0.376 e. The number of fused-ring (bicyclic) bond motifs is 1. The molecule has 4 rings (SSSR count). The van der Waals surface area contributed by atoms with Crippen molar-refractivity contribution < 1.29 is 4.74 Å². The van der Waals surface area contributed by atoms with Crippen LogP contribution < -0.4 is 0 Å². The summed E-state index contributed by atoms with van der Waals surface area (Å²) in [6.07, 6.45) is 11.6. The van der Waals surface area contributed by atoms with E-state index in [1.165, 1.54) is 42.5 Å². The molecule has 4 heteroatoms. The molecular weight excluding hydrogens is 310 g/mol. The van der Waals surface area contributed by atoms with E-state index in [0.29, 0.717) is 12.0 Å². The zero-order valence-corrected chi connectivity index (χ0v) is 15.0. The molecule has 2 atom stereocenters. The van der Waals surface area contributed by atoms with Crippen LogP contribution in [-0.4, -0.2) is 34.6 Å². The van der Waals surface area contributed by atoms with Gasteiger partial charge in [0.25, 0.3) is 0 Å².